The molecule has 11 heteroatoms. The average Bonchev–Trinajstić information content (AvgIpc) is 3.19. The lowest BCUT2D eigenvalue weighted by molar-refractivity contribution is -0.138. The second kappa shape index (κ2) is 10.4. The van der Waals surface area contributed by atoms with Gasteiger partial charge in [-0.3, -0.25) is 24.6 Å². The molecular weight excluding hydrogens is 504 g/mol. The first kappa shape index (κ1) is 26.1. The van der Waals surface area contributed by atoms with Gasteiger partial charge in [0.25, 0.3) is 5.91 Å². The lowest BCUT2D eigenvalue weighted by Gasteiger charge is -2.36. The number of aryl methyl sites for hydroxylation is 1. The summed E-state index contributed by atoms with van der Waals surface area (Å²) in [6, 6.07) is 7.57. The van der Waals surface area contributed by atoms with Crippen LogP contribution < -0.4 is 10.2 Å². The number of hydrogen-bond acceptors (Lipinski definition) is 5. The Bertz CT molecular complexity index is 1260. The molecule has 1 atom stereocenters. The Labute approximate surface area is 217 Å². The molecule has 38 heavy (non-hydrogen) atoms. The molecule has 1 unspecified atom stereocenters. The van der Waals surface area contributed by atoms with Gasteiger partial charge in [-0.25, -0.2) is 4.39 Å². The van der Waals surface area contributed by atoms with Gasteiger partial charge in [-0.2, -0.15) is 13.2 Å². The first-order valence-corrected chi connectivity index (χ1v) is 12.7. The number of amides is 3. The van der Waals surface area contributed by atoms with Gasteiger partial charge in [-0.05, 0) is 55.1 Å². The van der Waals surface area contributed by atoms with E-state index in [9.17, 15) is 27.6 Å². The van der Waals surface area contributed by atoms with Crippen LogP contribution in [0.15, 0.2) is 36.4 Å². The molecule has 0 radical (unpaired) electrons. The highest BCUT2D eigenvalue weighted by Gasteiger charge is 2.40. The van der Waals surface area contributed by atoms with Gasteiger partial charge in [0.1, 0.15) is 11.9 Å². The summed E-state index contributed by atoms with van der Waals surface area (Å²) < 4.78 is 53.8. The maximum Gasteiger partial charge on any atom is 0.416 e. The number of fused-ring (bicyclic) bond motifs is 1. The molecule has 3 amide bonds. The van der Waals surface area contributed by atoms with E-state index in [4.69, 9.17) is 0 Å². The number of nitrogens with one attached hydrogen (secondary N) is 1. The van der Waals surface area contributed by atoms with Gasteiger partial charge in [-0.1, -0.05) is 18.2 Å². The molecule has 1 N–H and O–H groups in total. The van der Waals surface area contributed by atoms with Crippen molar-refractivity contribution in [1.29, 1.82) is 0 Å². The van der Waals surface area contributed by atoms with Gasteiger partial charge in [0.2, 0.25) is 11.8 Å². The zero-order valence-electron chi connectivity index (χ0n) is 20.7. The first-order valence-electron chi connectivity index (χ1n) is 12.7. The fourth-order valence-corrected chi connectivity index (χ4v) is 5.44. The van der Waals surface area contributed by atoms with E-state index in [1.54, 1.807) is 12.1 Å². The minimum atomic E-state index is -4.35. The number of imide groups is 1. The Hall–Kier alpha value is -3.47. The Kier molecular flexibility index (Phi) is 7.13. The van der Waals surface area contributed by atoms with E-state index in [2.05, 4.69) is 10.2 Å². The van der Waals surface area contributed by atoms with Crippen molar-refractivity contribution in [2.24, 2.45) is 0 Å². The molecule has 0 aromatic heterocycles. The van der Waals surface area contributed by atoms with Crippen molar-refractivity contribution < 1.29 is 31.9 Å². The maximum absolute atomic E-state index is 15.1. The van der Waals surface area contributed by atoms with Crippen LogP contribution in [0.1, 0.15) is 46.3 Å². The third-order valence-corrected chi connectivity index (χ3v) is 7.50. The summed E-state index contributed by atoms with van der Waals surface area (Å²) >= 11 is 0. The smallest absolute Gasteiger partial charge is 0.367 e. The first-order chi connectivity index (χ1) is 18.1. The van der Waals surface area contributed by atoms with Gasteiger partial charge in [0.05, 0.1) is 11.3 Å². The van der Waals surface area contributed by atoms with E-state index < -0.39 is 35.4 Å². The van der Waals surface area contributed by atoms with Crippen LogP contribution in [0.25, 0.3) is 0 Å². The lowest BCUT2D eigenvalue weighted by atomic mass is 10.0. The van der Waals surface area contributed by atoms with Gasteiger partial charge in [0, 0.05) is 44.7 Å². The third-order valence-electron chi connectivity index (χ3n) is 7.50. The largest absolute Gasteiger partial charge is 0.416 e. The van der Waals surface area contributed by atoms with Crippen LogP contribution in [0.3, 0.4) is 0 Å². The molecule has 0 saturated carbocycles. The van der Waals surface area contributed by atoms with E-state index in [1.807, 2.05) is 4.90 Å². The molecule has 0 spiro atoms. The molecule has 2 saturated heterocycles. The number of piperazine rings is 1. The second-order valence-corrected chi connectivity index (χ2v) is 9.99. The molecule has 7 nitrogen and oxygen atoms in total. The normalized spacial score (nSPS) is 20.6. The van der Waals surface area contributed by atoms with Gasteiger partial charge in [0.15, 0.2) is 0 Å². The van der Waals surface area contributed by atoms with Crippen molar-refractivity contribution in [3.8, 4) is 0 Å². The lowest BCUT2D eigenvalue weighted by Crippen LogP contribution is -2.52. The summed E-state index contributed by atoms with van der Waals surface area (Å²) in [6.45, 7) is 3.42. The molecule has 3 heterocycles. The quantitative estimate of drug-likeness (QED) is 0.457. The van der Waals surface area contributed by atoms with Crippen LogP contribution in [0, 0.1) is 5.82 Å². The number of carbonyl (C=O) groups excluding carboxylic acids is 3. The number of halogens is 4. The summed E-state index contributed by atoms with van der Waals surface area (Å²) in [4.78, 5) is 42.1. The fourth-order valence-electron chi connectivity index (χ4n) is 5.44. The molecule has 5 rings (SSSR count). The molecule has 3 aliphatic heterocycles. The Morgan fingerprint density at radius 1 is 1.00 bits per heavy atom. The summed E-state index contributed by atoms with van der Waals surface area (Å²) in [6.07, 6.45) is -2.69. The van der Waals surface area contributed by atoms with Crippen molar-refractivity contribution in [1.82, 2.24) is 15.1 Å². The van der Waals surface area contributed by atoms with Crippen LogP contribution in [-0.2, 0) is 28.7 Å². The van der Waals surface area contributed by atoms with Crippen molar-refractivity contribution in [3.63, 3.8) is 0 Å². The Balaban J connectivity index is 1.16. The maximum atomic E-state index is 15.1. The average molecular weight is 533 g/mol. The van der Waals surface area contributed by atoms with Gasteiger partial charge >= 0.3 is 6.18 Å². The number of hydrogen-bond donors (Lipinski definition) is 1. The van der Waals surface area contributed by atoms with E-state index >= 15 is 4.39 Å². The molecule has 3 aliphatic rings. The molecule has 2 aromatic carbocycles. The van der Waals surface area contributed by atoms with Crippen LogP contribution in [0.5, 0.6) is 0 Å². The molecular formula is C27H28F4N4O3. The molecule has 2 fully saturated rings. The fraction of sp³-hybridized carbons (Fsp3) is 0.444. The monoisotopic (exact) mass is 532 g/mol. The summed E-state index contributed by atoms with van der Waals surface area (Å²) in [5, 5.41) is 2.26. The summed E-state index contributed by atoms with van der Waals surface area (Å²) in [5.41, 5.74) is 1.32. The van der Waals surface area contributed by atoms with Crippen molar-refractivity contribution in [2.75, 3.05) is 37.6 Å². The number of nitrogens with zero attached hydrogens (tertiary/aromatic N) is 3. The number of alkyl halides is 3. The van der Waals surface area contributed by atoms with Gasteiger partial charge < -0.3 is 9.80 Å². The number of rotatable bonds is 6. The van der Waals surface area contributed by atoms with Crippen molar-refractivity contribution >= 4 is 23.4 Å². The molecule has 0 aliphatic carbocycles. The van der Waals surface area contributed by atoms with Gasteiger partial charge in [-0.15, -0.1) is 0 Å². The predicted octanol–water partition coefficient (Wildman–Crippen LogP) is 3.36. The number of carbonyl (C=O) groups is 3. The van der Waals surface area contributed by atoms with Crippen LogP contribution >= 0.6 is 0 Å². The molecule has 0 bridgehead atoms. The van der Waals surface area contributed by atoms with Crippen LogP contribution in [0.2, 0.25) is 0 Å². The SMILES string of the molecule is O=C1CCC(N2Cc3cc(N4CCN(CCCc5cccc(C(F)(F)F)c5)CC4)c(F)cc3C2=O)C(=O)N1. The Morgan fingerprint density at radius 3 is 2.47 bits per heavy atom. The minimum absolute atomic E-state index is 0.153. The molecule has 202 valence electrons. The van der Waals surface area contributed by atoms with E-state index in [-0.39, 0.29) is 30.9 Å². The van der Waals surface area contributed by atoms with Crippen LogP contribution in [-0.4, -0.2) is 66.3 Å². The predicted molar refractivity (Wildman–Crippen MR) is 131 cm³/mol. The molecule has 2 aromatic rings. The Morgan fingerprint density at radius 2 is 1.76 bits per heavy atom. The minimum Gasteiger partial charge on any atom is -0.367 e. The number of anilines is 1. The van der Waals surface area contributed by atoms with Crippen LogP contribution in [0.4, 0.5) is 23.2 Å². The van der Waals surface area contributed by atoms with E-state index in [0.29, 0.717) is 55.8 Å². The topological polar surface area (TPSA) is 73.0 Å². The van der Waals surface area contributed by atoms with Crippen molar-refractivity contribution in [2.45, 2.75) is 44.4 Å². The third kappa shape index (κ3) is 5.38. The highest BCUT2D eigenvalue weighted by Crippen LogP contribution is 2.33. The second-order valence-electron chi connectivity index (χ2n) is 9.99. The standard InChI is InChI=1S/C27H28F4N4O3/c28-21-15-20-18(16-35(26(20)38)22-6-7-24(36)32-25(22)37)14-23(21)34-11-9-33(10-12-34)8-2-4-17-3-1-5-19(13-17)27(29,30)31/h1,3,5,13-15,22H,2,4,6-12,16H2,(H,32,36,37). The highest BCUT2D eigenvalue weighted by molar-refractivity contribution is 6.05. The number of piperidine rings is 1. The van der Waals surface area contributed by atoms with E-state index in [0.717, 1.165) is 12.6 Å². The summed E-state index contributed by atoms with van der Waals surface area (Å²) in [7, 11) is 0. The summed E-state index contributed by atoms with van der Waals surface area (Å²) in [5.74, 6) is -1.78. The number of benzene rings is 2. The van der Waals surface area contributed by atoms with E-state index in [1.165, 1.54) is 23.1 Å². The highest BCUT2D eigenvalue weighted by atomic mass is 19.4. The van der Waals surface area contributed by atoms with Crippen molar-refractivity contribution in [3.05, 3.63) is 64.5 Å². The zero-order valence-corrected chi connectivity index (χ0v) is 20.7. The zero-order chi connectivity index (χ0) is 27.0.